The molecule has 3 nitrogen and oxygen atoms in total. The molecule has 0 heterocycles. The molecule has 0 spiro atoms. The predicted octanol–water partition coefficient (Wildman–Crippen LogP) is 2.38. The molecule has 4 heteroatoms. The molecule has 0 aliphatic heterocycles. The summed E-state index contributed by atoms with van der Waals surface area (Å²) in [6.07, 6.45) is 2.07. The van der Waals surface area contributed by atoms with E-state index >= 15 is 0 Å². The monoisotopic (exact) mass is 181 g/mol. The van der Waals surface area contributed by atoms with Gasteiger partial charge in [0.15, 0.2) is 0 Å². The van der Waals surface area contributed by atoms with Crippen molar-refractivity contribution in [1.82, 2.24) is 0 Å². The zero-order valence-corrected chi connectivity index (χ0v) is 7.03. The van der Waals surface area contributed by atoms with Crippen molar-refractivity contribution in [3.05, 3.63) is 51.5 Å². The van der Waals surface area contributed by atoms with Gasteiger partial charge in [0.1, 0.15) is 5.82 Å². The highest BCUT2D eigenvalue weighted by Gasteiger charge is 2.00. The lowest BCUT2D eigenvalue weighted by atomic mass is 10.1. The number of nitrogens with zero attached hydrogens (tertiary/aromatic N) is 1. The van der Waals surface area contributed by atoms with Gasteiger partial charge in [0, 0.05) is 6.08 Å². The highest BCUT2D eigenvalue weighted by atomic mass is 19.1. The number of benzene rings is 1. The van der Waals surface area contributed by atoms with E-state index < -0.39 is 4.92 Å². The number of nitro groups is 1. The predicted molar refractivity (Wildman–Crippen MR) is 47.2 cm³/mol. The van der Waals surface area contributed by atoms with Gasteiger partial charge in [-0.1, -0.05) is 12.1 Å². The van der Waals surface area contributed by atoms with Crippen LogP contribution in [0.15, 0.2) is 24.4 Å². The topological polar surface area (TPSA) is 43.1 Å². The number of hydrogen-bond acceptors (Lipinski definition) is 2. The van der Waals surface area contributed by atoms with Crippen molar-refractivity contribution in [3.63, 3.8) is 0 Å². The first-order valence-corrected chi connectivity index (χ1v) is 3.68. The maximum Gasteiger partial charge on any atom is 0.235 e. The van der Waals surface area contributed by atoms with E-state index in [2.05, 4.69) is 0 Å². The molecule has 1 aromatic carbocycles. The van der Waals surface area contributed by atoms with Gasteiger partial charge in [-0.15, -0.1) is 0 Å². The van der Waals surface area contributed by atoms with Gasteiger partial charge in [-0.05, 0) is 24.1 Å². The maximum absolute atomic E-state index is 12.9. The molecule has 0 saturated carbocycles. The molecule has 1 rings (SSSR count). The second kappa shape index (κ2) is 3.80. The SMILES string of the molecule is Cc1c(F)cccc1C=C[N+](=O)[O-]. The molecular formula is C9H8FNO2. The van der Waals surface area contributed by atoms with Gasteiger partial charge in [0.25, 0.3) is 0 Å². The van der Waals surface area contributed by atoms with Crippen LogP contribution >= 0.6 is 0 Å². The van der Waals surface area contributed by atoms with Crippen molar-refractivity contribution < 1.29 is 9.31 Å². The highest BCUT2D eigenvalue weighted by Crippen LogP contribution is 2.13. The van der Waals surface area contributed by atoms with Crippen LogP contribution in [0.4, 0.5) is 4.39 Å². The van der Waals surface area contributed by atoms with Crippen LogP contribution in [0.2, 0.25) is 0 Å². The Balaban J connectivity index is 3.02. The Labute approximate surface area is 74.7 Å². The van der Waals surface area contributed by atoms with Gasteiger partial charge in [-0.25, -0.2) is 4.39 Å². The minimum atomic E-state index is -0.579. The van der Waals surface area contributed by atoms with Crippen molar-refractivity contribution in [2.24, 2.45) is 0 Å². The molecule has 0 fully saturated rings. The average molecular weight is 181 g/mol. The number of halogens is 1. The smallest absolute Gasteiger partial charge is 0.235 e. The van der Waals surface area contributed by atoms with Gasteiger partial charge in [-0.2, -0.15) is 0 Å². The summed E-state index contributed by atoms with van der Waals surface area (Å²) >= 11 is 0. The summed E-state index contributed by atoms with van der Waals surface area (Å²) in [4.78, 5) is 9.41. The van der Waals surface area contributed by atoms with Crippen molar-refractivity contribution >= 4 is 6.08 Å². The van der Waals surface area contributed by atoms with Crippen LogP contribution in [0.5, 0.6) is 0 Å². The zero-order chi connectivity index (χ0) is 9.84. The van der Waals surface area contributed by atoms with Crippen LogP contribution in [-0.4, -0.2) is 4.92 Å². The third-order valence-corrected chi connectivity index (χ3v) is 1.69. The fourth-order valence-electron chi connectivity index (χ4n) is 0.946. The summed E-state index contributed by atoms with van der Waals surface area (Å²) in [6, 6.07) is 4.46. The normalized spacial score (nSPS) is 10.6. The summed E-state index contributed by atoms with van der Waals surface area (Å²) in [5, 5.41) is 9.99. The molecule has 0 saturated heterocycles. The second-order valence-corrected chi connectivity index (χ2v) is 2.56. The van der Waals surface area contributed by atoms with E-state index in [1.165, 1.54) is 18.2 Å². The van der Waals surface area contributed by atoms with Crippen molar-refractivity contribution in [2.45, 2.75) is 6.92 Å². The molecule has 1 aromatic rings. The first-order valence-electron chi connectivity index (χ1n) is 3.68. The largest absolute Gasteiger partial charge is 0.259 e. The molecule has 0 unspecified atom stereocenters. The minimum absolute atomic E-state index is 0.356. The Morgan fingerprint density at radius 2 is 2.23 bits per heavy atom. The summed E-state index contributed by atoms with van der Waals surface area (Å²) < 4.78 is 12.9. The van der Waals surface area contributed by atoms with Gasteiger partial charge in [0.2, 0.25) is 6.20 Å². The second-order valence-electron chi connectivity index (χ2n) is 2.56. The van der Waals surface area contributed by atoms with Crippen LogP contribution < -0.4 is 0 Å². The molecular weight excluding hydrogens is 173 g/mol. The number of hydrogen-bond donors (Lipinski definition) is 0. The molecule has 0 aliphatic carbocycles. The fourth-order valence-corrected chi connectivity index (χ4v) is 0.946. The Morgan fingerprint density at radius 1 is 1.54 bits per heavy atom. The van der Waals surface area contributed by atoms with E-state index in [4.69, 9.17) is 0 Å². The lowest BCUT2D eigenvalue weighted by Crippen LogP contribution is -1.87. The van der Waals surface area contributed by atoms with E-state index in [0.717, 1.165) is 6.20 Å². The van der Waals surface area contributed by atoms with E-state index in [0.29, 0.717) is 11.1 Å². The Morgan fingerprint density at radius 3 is 2.85 bits per heavy atom. The van der Waals surface area contributed by atoms with Crippen molar-refractivity contribution in [2.75, 3.05) is 0 Å². The molecule has 13 heavy (non-hydrogen) atoms. The summed E-state index contributed by atoms with van der Waals surface area (Å²) in [7, 11) is 0. The Kier molecular flexibility index (Phi) is 2.74. The molecule has 0 N–H and O–H groups in total. The van der Waals surface area contributed by atoms with Crippen molar-refractivity contribution in [3.8, 4) is 0 Å². The van der Waals surface area contributed by atoms with Gasteiger partial charge in [-0.3, -0.25) is 10.1 Å². The first kappa shape index (κ1) is 9.38. The van der Waals surface area contributed by atoms with E-state index in [1.807, 2.05) is 0 Å². The first-order chi connectivity index (χ1) is 6.11. The fraction of sp³-hybridized carbons (Fsp3) is 0.111. The van der Waals surface area contributed by atoms with Crippen LogP contribution in [0.1, 0.15) is 11.1 Å². The minimum Gasteiger partial charge on any atom is -0.259 e. The average Bonchev–Trinajstić information content (AvgIpc) is 2.07. The lowest BCUT2D eigenvalue weighted by Gasteiger charge is -1.98. The van der Waals surface area contributed by atoms with Crippen molar-refractivity contribution in [1.29, 1.82) is 0 Å². The zero-order valence-electron chi connectivity index (χ0n) is 7.03. The van der Waals surface area contributed by atoms with E-state index in [9.17, 15) is 14.5 Å². The van der Waals surface area contributed by atoms with Crippen LogP contribution in [0.3, 0.4) is 0 Å². The van der Waals surface area contributed by atoms with Gasteiger partial charge in [0.05, 0.1) is 4.92 Å². The summed E-state index contributed by atoms with van der Waals surface area (Å²) in [5.41, 5.74) is 0.942. The van der Waals surface area contributed by atoms with Crippen LogP contribution in [0.25, 0.3) is 6.08 Å². The molecule has 0 bridgehead atoms. The molecule has 0 atom stereocenters. The molecule has 0 aromatic heterocycles. The standard InChI is InChI=1S/C9H8FNO2/c1-7-8(5-6-11(12)13)3-2-4-9(7)10/h2-6H,1H3. The Hall–Kier alpha value is -1.71. The van der Waals surface area contributed by atoms with Crippen LogP contribution in [-0.2, 0) is 0 Å². The Bertz CT molecular complexity index is 361. The summed E-state index contributed by atoms with van der Waals surface area (Å²) in [5.74, 6) is -0.356. The van der Waals surface area contributed by atoms with E-state index in [1.54, 1.807) is 13.0 Å². The molecule has 68 valence electrons. The highest BCUT2D eigenvalue weighted by molar-refractivity contribution is 5.52. The molecule has 0 amide bonds. The molecule has 0 radical (unpaired) electrons. The third kappa shape index (κ3) is 2.37. The summed E-state index contributed by atoms with van der Waals surface area (Å²) in [6.45, 7) is 1.58. The van der Waals surface area contributed by atoms with Gasteiger partial charge < -0.3 is 0 Å². The van der Waals surface area contributed by atoms with Gasteiger partial charge >= 0.3 is 0 Å². The quantitative estimate of drug-likeness (QED) is 0.519. The van der Waals surface area contributed by atoms with E-state index in [-0.39, 0.29) is 5.82 Å². The lowest BCUT2D eigenvalue weighted by molar-refractivity contribution is -0.400. The van der Waals surface area contributed by atoms with Crippen LogP contribution in [0, 0.1) is 22.9 Å². The number of rotatable bonds is 2. The molecule has 0 aliphatic rings. The third-order valence-electron chi connectivity index (χ3n) is 1.69. The maximum atomic E-state index is 12.9.